The summed E-state index contributed by atoms with van der Waals surface area (Å²) in [5.74, 6) is -1.15. The van der Waals surface area contributed by atoms with Crippen LogP contribution in [0.5, 0.6) is 0 Å². The van der Waals surface area contributed by atoms with Crippen molar-refractivity contribution in [3.05, 3.63) is 93.4 Å². The number of ether oxygens (including phenoxy) is 1. The topological polar surface area (TPSA) is 117 Å². The summed E-state index contributed by atoms with van der Waals surface area (Å²) in [5.41, 5.74) is 4.26. The van der Waals surface area contributed by atoms with Gasteiger partial charge in [-0.2, -0.15) is 0 Å². The highest BCUT2D eigenvalue weighted by atomic mass is 35.5. The maximum atomic E-state index is 13.2. The molecule has 0 fully saturated rings. The van der Waals surface area contributed by atoms with Crippen molar-refractivity contribution in [3.8, 4) is 11.3 Å². The number of benzene rings is 3. The number of imidazole rings is 1. The van der Waals surface area contributed by atoms with Crippen LogP contribution in [0.3, 0.4) is 0 Å². The molecule has 174 valence electrons. The summed E-state index contributed by atoms with van der Waals surface area (Å²) >= 11 is 6.17. The number of pyridine rings is 1. The molecular formula is C26H19ClN4O4. The van der Waals surface area contributed by atoms with Gasteiger partial charge in [-0.25, -0.2) is 14.6 Å². The Morgan fingerprint density at radius 2 is 1.80 bits per heavy atom. The van der Waals surface area contributed by atoms with Crippen LogP contribution in [0.15, 0.2) is 71.5 Å². The number of H-pyrrole nitrogens is 2. The highest BCUT2D eigenvalue weighted by Crippen LogP contribution is 2.31. The first-order valence-corrected chi connectivity index (χ1v) is 11.1. The molecule has 9 heteroatoms. The quantitative estimate of drug-likeness (QED) is 0.308. The van der Waals surface area contributed by atoms with Crippen molar-refractivity contribution >= 4 is 51.1 Å². The summed E-state index contributed by atoms with van der Waals surface area (Å²) in [5, 5.41) is 3.85. The number of aromatic nitrogens is 3. The Kier molecular flexibility index (Phi) is 5.80. The molecule has 0 aliphatic carbocycles. The third kappa shape index (κ3) is 4.51. The van der Waals surface area contributed by atoms with Crippen LogP contribution in [-0.4, -0.2) is 33.4 Å². The first kappa shape index (κ1) is 22.4. The van der Waals surface area contributed by atoms with Gasteiger partial charge in [0.15, 0.2) is 6.61 Å². The second-order valence-corrected chi connectivity index (χ2v) is 8.39. The minimum atomic E-state index is -0.634. The summed E-state index contributed by atoms with van der Waals surface area (Å²) in [6.07, 6.45) is 0. The monoisotopic (exact) mass is 486 g/mol. The lowest BCUT2D eigenvalue weighted by Crippen LogP contribution is -2.21. The number of rotatable bonds is 5. The van der Waals surface area contributed by atoms with Crippen molar-refractivity contribution in [2.24, 2.45) is 0 Å². The van der Waals surface area contributed by atoms with E-state index in [0.29, 0.717) is 49.5 Å². The number of halogens is 1. The van der Waals surface area contributed by atoms with Crippen LogP contribution in [0.4, 0.5) is 5.69 Å². The third-order valence-corrected chi connectivity index (χ3v) is 5.81. The number of carbonyl (C=O) groups is 2. The van der Waals surface area contributed by atoms with Gasteiger partial charge in [-0.05, 0) is 48.9 Å². The molecule has 3 aromatic carbocycles. The zero-order chi connectivity index (χ0) is 24.5. The van der Waals surface area contributed by atoms with Crippen LogP contribution in [0.2, 0.25) is 5.02 Å². The average Bonchev–Trinajstić information content (AvgIpc) is 3.21. The predicted molar refractivity (Wildman–Crippen MR) is 135 cm³/mol. The zero-order valence-corrected chi connectivity index (χ0v) is 19.3. The van der Waals surface area contributed by atoms with Crippen molar-refractivity contribution < 1.29 is 14.3 Å². The number of hydrogen-bond acceptors (Lipinski definition) is 5. The molecule has 0 unspecified atom stereocenters. The number of aromatic amines is 2. The van der Waals surface area contributed by atoms with E-state index in [9.17, 15) is 14.4 Å². The van der Waals surface area contributed by atoms with E-state index in [2.05, 4.69) is 15.3 Å². The fourth-order valence-corrected chi connectivity index (χ4v) is 4.19. The maximum Gasteiger partial charge on any atom is 0.339 e. The summed E-state index contributed by atoms with van der Waals surface area (Å²) in [6, 6.07) is 19.4. The van der Waals surface area contributed by atoms with Gasteiger partial charge in [0.05, 0.1) is 27.8 Å². The minimum Gasteiger partial charge on any atom is -0.452 e. The number of fused-ring (bicyclic) bond motifs is 2. The van der Waals surface area contributed by atoms with Crippen molar-refractivity contribution in [1.29, 1.82) is 0 Å². The van der Waals surface area contributed by atoms with Gasteiger partial charge in [0.2, 0.25) is 0 Å². The lowest BCUT2D eigenvalue weighted by atomic mass is 9.98. The number of amides is 1. The van der Waals surface area contributed by atoms with E-state index in [1.165, 1.54) is 0 Å². The molecule has 0 aliphatic rings. The Labute approximate surface area is 203 Å². The van der Waals surface area contributed by atoms with E-state index in [0.717, 1.165) is 5.56 Å². The van der Waals surface area contributed by atoms with E-state index in [1.54, 1.807) is 43.3 Å². The number of anilines is 1. The average molecular weight is 487 g/mol. The Balaban J connectivity index is 1.40. The summed E-state index contributed by atoms with van der Waals surface area (Å²) < 4.78 is 5.39. The van der Waals surface area contributed by atoms with Crippen molar-refractivity contribution in [3.63, 3.8) is 0 Å². The van der Waals surface area contributed by atoms with Gasteiger partial charge in [-0.3, -0.25) is 4.79 Å². The molecule has 35 heavy (non-hydrogen) atoms. The Hall–Kier alpha value is -4.43. The SMILES string of the molecule is Cc1c(-c2cccc(Cl)c2)nc2ccccc2c1C(=O)OCC(=O)Nc1ccc2[nH]c(=O)[nH]c2c1. The lowest BCUT2D eigenvalue weighted by Gasteiger charge is -2.14. The largest absolute Gasteiger partial charge is 0.452 e. The second kappa shape index (κ2) is 9.08. The van der Waals surface area contributed by atoms with E-state index in [-0.39, 0.29) is 5.69 Å². The number of nitrogens with zero attached hydrogens (tertiary/aromatic N) is 1. The van der Waals surface area contributed by atoms with Gasteiger partial charge >= 0.3 is 11.7 Å². The molecule has 2 heterocycles. The first-order chi connectivity index (χ1) is 16.9. The molecule has 2 aromatic heterocycles. The van der Waals surface area contributed by atoms with E-state index in [4.69, 9.17) is 21.3 Å². The van der Waals surface area contributed by atoms with Gasteiger partial charge in [-0.1, -0.05) is 41.9 Å². The fraction of sp³-hybridized carbons (Fsp3) is 0.0769. The van der Waals surface area contributed by atoms with Gasteiger partial charge in [0.25, 0.3) is 5.91 Å². The van der Waals surface area contributed by atoms with E-state index >= 15 is 0 Å². The molecule has 0 radical (unpaired) electrons. The molecule has 1 amide bonds. The van der Waals surface area contributed by atoms with Gasteiger partial charge < -0.3 is 20.0 Å². The Bertz CT molecular complexity index is 1670. The fourth-order valence-electron chi connectivity index (χ4n) is 4.00. The number of para-hydroxylation sites is 1. The van der Waals surface area contributed by atoms with Crippen molar-refractivity contribution in [2.45, 2.75) is 6.92 Å². The molecule has 8 nitrogen and oxygen atoms in total. The van der Waals surface area contributed by atoms with Gasteiger partial charge in [0.1, 0.15) is 0 Å². The number of nitrogens with one attached hydrogen (secondary N) is 3. The second-order valence-electron chi connectivity index (χ2n) is 7.95. The van der Waals surface area contributed by atoms with Gasteiger partial charge in [-0.15, -0.1) is 0 Å². The number of carbonyl (C=O) groups excluding carboxylic acids is 2. The predicted octanol–water partition coefficient (Wildman–Crippen LogP) is 4.83. The minimum absolute atomic E-state index is 0.338. The van der Waals surface area contributed by atoms with Crippen LogP contribution >= 0.6 is 11.6 Å². The molecule has 0 atom stereocenters. The number of esters is 1. The molecule has 0 saturated carbocycles. The number of hydrogen-bond donors (Lipinski definition) is 3. The zero-order valence-electron chi connectivity index (χ0n) is 18.5. The first-order valence-electron chi connectivity index (χ1n) is 10.7. The van der Waals surface area contributed by atoms with Crippen molar-refractivity contribution in [1.82, 2.24) is 15.0 Å². The summed E-state index contributed by atoms with van der Waals surface area (Å²) in [4.78, 5) is 47.0. The standard InChI is InChI=1S/C26H19ClN4O4/c1-14-23(18-7-2-3-8-19(18)29-24(14)15-5-4-6-16(27)11-15)25(33)35-13-22(32)28-17-9-10-20-21(12-17)31-26(34)30-20/h2-12H,13H2,1H3,(H,28,32)(H2,30,31,34). The van der Waals surface area contributed by atoms with Crippen LogP contribution < -0.4 is 11.0 Å². The third-order valence-electron chi connectivity index (χ3n) is 5.57. The van der Waals surface area contributed by atoms with Crippen molar-refractivity contribution in [2.75, 3.05) is 11.9 Å². The molecule has 0 aliphatic heterocycles. The van der Waals surface area contributed by atoms with Crippen LogP contribution in [0.25, 0.3) is 33.2 Å². The molecule has 3 N–H and O–H groups in total. The molecule has 0 bridgehead atoms. The van der Waals surface area contributed by atoms with Crippen LogP contribution in [-0.2, 0) is 9.53 Å². The highest BCUT2D eigenvalue weighted by Gasteiger charge is 2.21. The summed E-state index contributed by atoms with van der Waals surface area (Å²) in [7, 11) is 0. The molecule has 0 saturated heterocycles. The smallest absolute Gasteiger partial charge is 0.339 e. The highest BCUT2D eigenvalue weighted by molar-refractivity contribution is 6.30. The molecule has 5 aromatic rings. The van der Waals surface area contributed by atoms with E-state index < -0.39 is 18.5 Å². The molecule has 5 rings (SSSR count). The maximum absolute atomic E-state index is 13.2. The summed E-state index contributed by atoms with van der Waals surface area (Å²) in [6.45, 7) is 1.31. The van der Waals surface area contributed by atoms with Gasteiger partial charge in [0, 0.05) is 21.7 Å². The van der Waals surface area contributed by atoms with E-state index in [1.807, 2.05) is 30.3 Å². The molecular weight excluding hydrogens is 468 g/mol. The normalized spacial score (nSPS) is 11.0. The van der Waals surface area contributed by atoms with Crippen LogP contribution in [0, 0.1) is 6.92 Å². The Morgan fingerprint density at radius 1 is 1.00 bits per heavy atom. The Morgan fingerprint density at radius 3 is 2.63 bits per heavy atom. The lowest BCUT2D eigenvalue weighted by molar-refractivity contribution is -0.119. The molecule has 0 spiro atoms. The van der Waals surface area contributed by atoms with Crippen LogP contribution in [0.1, 0.15) is 15.9 Å².